The lowest BCUT2D eigenvalue weighted by molar-refractivity contribution is -0.120. The summed E-state index contributed by atoms with van der Waals surface area (Å²) in [5.74, 6) is -0.330. The zero-order valence-corrected chi connectivity index (χ0v) is 19.9. The van der Waals surface area contributed by atoms with Gasteiger partial charge in [0.2, 0.25) is 5.91 Å². The zero-order chi connectivity index (χ0) is 22.4. The maximum Gasteiger partial charge on any atom is 0.251 e. The fourth-order valence-corrected chi connectivity index (χ4v) is 3.82. The van der Waals surface area contributed by atoms with Gasteiger partial charge < -0.3 is 10.6 Å². The highest BCUT2D eigenvalue weighted by Gasteiger charge is 2.06. The fraction of sp³-hybridized carbons (Fsp3) is 0.704. The van der Waals surface area contributed by atoms with E-state index in [0.29, 0.717) is 12.1 Å². The molecule has 0 heterocycles. The van der Waals surface area contributed by atoms with Crippen LogP contribution >= 0.6 is 0 Å². The summed E-state index contributed by atoms with van der Waals surface area (Å²) in [7, 11) is 0. The first-order chi connectivity index (χ1) is 15.2. The SMILES string of the molecule is CCCCCCCCCCCCCCCCCCNC(=O)CNC(=O)c1ccccc1. The van der Waals surface area contributed by atoms with E-state index in [1.807, 2.05) is 18.2 Å². The second-order valence-electron chi connectivity index (χ2n) is 8.70. The maximum absolute atomic E-state index is 11.9. The van der Waals surface area contributed by atoms with Crippen molar-refractivity contribution in [3.05, 3.63) is 35.9 Å². The van der Waals surface area contributed by atoms with Crippen molar-refractivity contribution in [1.82, 2.24) is 10.6 Å². The molecule has 0 unspecified atom stereocenters. The molecule has 0 saturated heterocycles. The Balaban J connectivity index is 1.79. The normalized spacial score (nSPS) is 10.7. The Labute approximate surface area is 191 Å². The summed E-state index contributed by atoms with van der Waals surface area (Å²) in [5, 5.41) is 5.54. The highest BCUT2D eigenvalue weighted by Crippen LogP contribution is 2.13. The summed E-state index contributed by atoms with van der Waals surface area (Å²) < 4.78 is 0. The van der Waals surface area contributed by atoms with Crippen molar-refractivity contribution < 1.29 is 9.59 Å². The van der Waals surface area contributed by atoms with Gasteiger partial charge in [0.25, 0.3) is 5.91 Å². The van der Waals surface area contributed by atoms with E-state index in [4.69, 9.17) is 0 Å². The minimum absolute atomic E-state index is 0.0343. The number of carbonyl (C=O) groups is 2. The molecule has 176 valence electrons. The third-order valence-electron chi connectivity index (χ3n) is 5.80. The molecule has 1 aromatic rings. The summed E-state index contributed by atoms with van der Waals surface area (Å²) in [6, 6.07) is 8.97. The Bertz CT molecular complexity index is 560. The molecule has 0 bridgehead atoms. The average molecular weight is 431 g/mol. The van der Waals surface area contributed by atoms with E-state index in [0.717, 1.165) is 12.8 Å². The predicted molar refractivity (Wildman–Crippen MR) is 131 cm³/mol. The van der Waals surface area contributed by atoms with Gasteiger partial charge in [-0.3, -0.25) is 9.59 Å². The monoisotopic (exact) mass is 430 g/mol. The first-order valence-corrected chi connectivity index (χ1v) is 12.8. The van der Waals surface area contributed by atoms with Crippen LogP contribution in [0.4, 0.5) is 0 Å². The molecule has 1 aromatic carbocycles. The zero-order valence-electron chi connectivity index (χ0n) is 19.9. The van der Waals surface area contributed by atoms with Crippen molar-refractivity contribution >= 4 is 11.8 Å². The van der Waals surface area contributed by atoms with Gasteiger partial charge in [0.05, 0.1) is 6.54 Å². The smallest absolute Gasteiger partial charge is 0.251 e. The fourth-order valence-electron chi connectivity index (χ4n) is 3.82. The van der Waals surface area contributed by atoms with E-state index in [9.17, 15) is 9.59 Å². The van der Waals surface area contributed by atoms with E-state index in [1.54, 1.807) is 12.1 Å². The number of amides is 2. The van der Waals surface area contributed by atoms with Crippen LogP contribution in [-0.4, -0.2) is 24.9 Å². The molecule has 0 saturated carbocycles. The van der Waals surface area contributed by atoms with E-state index in [2.05, 4.69) is 17.6 Å². The van der Waals surface area contributed by atoms with Crippen LogP contribution in [0.15, 0.2) is 30.3 Å². The Morgan fingerprint density at radius 2 is 1.06 bits per heavy atom. The van der Waals surface area contributed by atoms with Crippen LogP contribution in [0.2, 0.25) is 0 Å². The van der Waals surface area contributed by atoms with Gasteiger partial charge in [0.1, 0.15) is 0 Å². The number of benzene rings is 1. The Morgan fingerprint density at radius 1 is 0.613 bits per heavy atom. The molecule has 4 heteroatoms. The number of carbonyl (C=O) groups excluding carboxylic acids is 2. The molecule has 0 aromatic heterocycles. The van der Waals surface area contributed by atoms with Crippen molar-refractivity contribution in [3.8, 4) is 0 Å². The Morgan fingerprint density at radius 3 is 1.55 bits per heavy atom. The van der Waals surface area contributed by atoms with Crippen LogP contribution in [-0.2, 0) is 4.79 Å². The lowest BCUT2D eigenvalue weighted by Gasteiger charge is -2.07. The first kappa shape index (κ1) is 27.2. The number of hydrogen-bond donors (Lipinski definition) is 2. The molecule has 0 spiro atoms. The molecular formula is C27H46N2O2. The van der Waals surface area contributed by atoms with Gasteiger partial charge in [-0.05, 0) is 18.6 Å². The molecule has 4 nitrogen and oxygen atoms in total. The van der Waals surface area contributed by atoms with Crippen LogP contribution in [0.1, 0.15) is 120 Å². The largest absolute Gasteiger partial charge is 0.355 e. The van der Waals surface area contributed by atoms with E-state index >= 15 is 0 Å². The minimum atomic E-state index is -0.210. The molecule has 0 aliphatic heterocycles. The van der Waals surface area contributed by atoms with E-state index in [-0.39, 0.29) is 18.4 Å². The second-order valence-corrected chi connectivity index (χ2v) is 8.70. The number of hydrogen-bond acceptors (Lipinski definition) is 2. The predicted octanol–water partition coefficient (Wildman–Crippen LogP) is 6.79. The van der Waals surface area contributed by atoms with Crippen molar-refractivity contribution in [2.45, 2.75) is 110 Å². The third kappa shape index (κ3) is 16.5. The number of unbranched alkanes of at least 4 members (excludes halogenated alkanes) is 15. The molecule has 2 N–H and O–H groups in total. The van der Waals surface area contributed by atoms with Crippen molar-refractivity contribution in [2.24, 2.45) is 0 Å². The summed E-state index contributed by atoms with van der Waals surface area (Å²) in [6.07, 6.45) is 21.5. The number of rotatable bonds is 20. The Kier molecular flexibility index (Phi) is 17.6. The van der Waals surface area contributed by atoms with Crippen LogP contribution in [0.25, 0.3) is 0 Å². The van der Waals surface area contributed by atoms with Crippen molar-refractivity contribution in [1.29, 1.82) is 0 Å². The van der Waals surface area contributed by atoms with Gasteiger partial charge in [-0.2, -0.15) is 0 Å². The molecule has 0 radical (unpaired) electrons. The Hall–Kier alpha value is -1.84. The van der Waals surface area contributed by atoms with Gasteiger partial charge in [-0.25, -0.2) is 0 Å². The quantitative estimate of drug-likeness (QED) is 0.224. The van der Waals surface area contributed by atoms with Crippen molar-refractivity contribution in [2.75, 3.05) is 13.1 Å². The molecule has 2 amide bonds. The van der Waals surface area contributed by atoms with Crippen LogP contribution in [0.5, 0.6) is 0 Å². The standard InChI is InChI=1S/C27H46N2O2/c1-2-3-4-5-6-7-8-9-10-11-12-13-14-15-16-20-23-28-26(30)24-29-27(31)25-21-18-17-19-22-25/h17-19,21-22H,2-16,20,23-24H2,1H3,(H,28,30)(H,29,31). The third-order valence-corrected chi connectivity index (χ3v) is 5.80. The summed E-state index contributed by atoms with van der Waals surface area (Å²) in [5.41, 5.74) is 0.577. The molecule has 31 heavy (non-hydrogen) atoms. The van der Waals surface area contributed by atoms with Crippen LogP contribution < -0.4 is 10.6 Å². The van der Waals surface area contributed by atoms with Gasteiger partial charge in [0, 0.05) is 12.1 Å². The lowest BCUT2D eigenvalue weighted by atomic mass is 10.0. The summed E-state index contributed by atoms with van der Waals surface area (Å²) >= 11 is 0. The molecule has 1 rings (SSSR count). The number of nitrogens with one attached hydrogen (secondary N) is 2. The second kappa shape index (κ2) is 20.1. The van der Waals surface area contributed by atoms with Crippen molar-refractivity contribution in [3.63, 3.8) is 0 Å². The van der Waals surface area contributed by atoms with Crippen LogP contribution in [0.3, 0.4) is 0 Å². The van der Waals surface area contributed by atoms with Gasteiger partial charge in [-0.15, -0.1) is 0 Å². The molecule has 0 atom stereocenters. The summed E-state index contributed by atoms with van der Waals surface area (Å²) in [6.45, 7) is 3.00. The highest BCUT2D eigenvalue weighted by molar-refractivity contribution is 5.96. The van der Waals surface area contributed by atoms with Crippen LogP contribution in [0, 0.1) is 0 Å². The molecule has 0 aliphatic carbocycles. The topological polar surface area (TPSA) is 58.2 Å². The molecule has 0 aliphatic rings. The van der Waals surface area contributed by atoms with Gasteiger partial charge >= 0.3 is 0 Å². The van der Waals surface area contributed by atoms with E-state index < -0.39 is 0 Å². The van der Waals surface area contributed by atoms with Gasteiger partial charge in [-0.1, -0.05) is 121 Å². The van der Waals surface area contributed by atoms with E-state index in [1.165, 1.54) is 89.9 Å². The first-order valence-electron chi connectivity index (χ1n) is 12.8. The summed E-state index contributed by atoms with van der Waals surface area (Å²) in [4.78, 5) is 23.7. The minimum Gasteiger partial charge on any atom is -0.355 e. The maximum atomic E-state index is 11.9. The average Bonchev–Trinajstić information content (AvgIpc) is 2.80. The lowest BCUT2D eigenvalue weighted by Crippen LogP contribution is -2.37. The van der Waals surface area contributed by atoms with Gasteiger partial charge in [0.15, 0.2) is 0 Å². The highest BCUT2D eigenvalue weighted by atomic mass is 16.2. The molecule has 0 fully saturated rings. The molecular weight excluding hydrogens is 384 g/mol.